The SMILES string of the molecule is Cl.O=C(O)C1(CO)CCCCC1. The fraction of sp³-hybridized carbons (Fsp3) is 0.875. The standard InChI is InChI=1S/C8H14O3.ClH/c9-6-8(7(10)11)4-2-1-3-5-8;/h9H,1-6H2,(H,10,11);1H. The topological polar surface area (TPSA) is 57.5 Å². The summed E-state index contributed by atoms with van der Waals surface area (Å²) in [5.41, 5.74) is -0.807. The van der Waals surface area contributed by atoms with Crippen LogP contribution >= 0.6 is 12.4 Å². The molecule has 0 radical (unpaired) electrons. The summed E-state index contributed by atoms with van der Waals surface area (Å²) in [6, 6.07) is 0. The third kappa shape index (κ3) is 2.11. The fourth-order valence-corrected chi connectivity index (χ4v) is 1.67. The van der Waals surface area contributed by atoms with Crippen molar-refractivity contribution in [1.29, 1.82) is 0 Å². The Bertz CT molecular complexity index is 152. The van der Waals surface area contributed by atoms with Crippen LogP contribution in [0.5, 0.6) is 0 Å². The van der Waals surface area contributed by atoms with Gasteiger partial charge in [-0.05, 0) is 12.8 Å². The van der Waals surface area contributed by atoms with Crippen LogP contribution < -0.4 is 0 Å². The van der Waals surface area contributed by atoms with E-state index in [1.165, 1.54) is 0 Å². The van der Waals surface area contributed by atoms with E-state index >= 15 is 0 Å². The van der Waals surface area contributed by atoms with Gasteiger partial charge in [0.2, 0.25) is 0 Å². The summed E-state index contributed by atoms with van der Waals surface area (Å²) in [6.45, 7) is -0.206. The van der Waals surface area contributed by atoms with Crippen molar-refractivity contribution in [2.75, 3.05) is 6.61 Å². The third-order valence-corrected chi connectivity index (χ3v) is 2.57. The summed E-state index contributed by atoms with van der Waals surface area (Å²) in [4.78, 5) is 10.7. The lowest BCUT2D eigenvalue weighted by molar-refractivity contribution is -0.153. The van der Waals surface area contributed by atoms with Gasteiger partial charge in [-0.15, -0.1) is 12.4 Å². The molecular weight excluding hydrogens is 180 g/mol. The first-order valence-electron chi connectivity index (χ1n) is 4.05. The molecule has 0 amide bonds. The van der Waals surface area contributed by atoms with Gasteiger partial charge in [0.1, 0.15) is 0 Å². The minimum atomic E-state index is -0.834. The van der Waals surface area contributed by atoms with E-state index in [1.807, 2.05) is 0 Å². The molecule has 0 bridgehead atoms. The average molecular weight is 195 g/mol. The highest BCUT2D eigenvalue weighted by molar-refractivity contribution is 5.85. The van der Waals surface area contributed by atoms with E-state index < -0.39 is 11.4 Å². The Morgan fingerprint density at radius 3 is 2.00 bits per heavy atom. The molecule has 1 saturated carbocycles. The van der Waals surface area contributed by atoms with Crippen LogP contribution in [0, 0.1) is 5.41 Å². The zero-order valence-electron chi connectivity index (χ0n) is 6.95. The summed E-state index contributed by atoms with van der Waals surface area (Å²) in [5.74, 6) is -0.834. The molecule has 72 valence electrons. The predicted octanol–water partition coefficient (Wildman–Crippen LogP) is 1.44. The zero-order valence-corrected chi connectivity index (χ0v) is 7.77. The summed E-state index contributed by atoms with van der Waals surface area (Å²) in [7, 11) is 0. The molecule has 1 rings (SSSR count). The van der Waals surface area contributed by atoms with Gasteiger partial charge in [-0.25, -0.2) is 0 Å². The van der Waals surface area contributed by atoms with Gasteiger partial charge in [-0.2, -0.15) is 0 Å². The van der Waals surface area contributed by atoms with Crippen molar-refractivity contribution in [1.82, 2.24) is 0 Å². The maximum absolute atomic E-state index is 10.7. The Kier molecular flexibility index (Phi) is 4.57. The number of carbonyl (C=O) groups is 1. The maximum Gasteiger partial charge on any atom is 0.311 e. The van der Waals surface area contributed by atoms with Gasteiger partial charge in [-0.3, -0.25) is 4.79 Å². The van der Waals surface area contributed by atoms with E-state index in [0.717, 1.165) is 19.3 Å². The predicted molar refractivity (Wildman–Crippen MR) is 47.5 cm³/mol. The van der Waals surface area contributed by atoms with Gasteiger partial charge < -0.3 is 10.2 Å². The highest BCUT2D eigenvalue weighted by Gasteiger charge is 2.38. The van der Waals surface area contributed by atoms with E-state index in [1.54, 1.807) is 0 Å². The van der Waals surface area contributed by atoms with Crippen molar-refractivity contribution in [3.8, 4) is 0 Å². The average Bonchev–Trinajstić information content (AvgIpc) is 2.05. The number of halogens is 1. The lowest BCUT2D eigenvalue weighted by atomic mass is 9.75. The molecule has 1 fully saturated rings. The zero-order chi connectivity index (χ0) is 8.32. The molecule has 0 aromatic carbocycles. The number of rotatable bonds is 2. The monoisotopic (exact) mass is 194 g/mol. The minimum Gasteiger partial charge on any atom is -0.481 e. The van der Waals surface area contributed by atoms with Crippen molar-refractivity contribution >= 4 is 18.4 Å². The van der Waals surface area contributed by atoms with Crippen LogP contribution in [0.2, 0.25) is 0 Å². The largest absolute Gasteiger partial charge is 0.481 e. The smallest absolute Gasteiger partial charge is 0.311 e. The molecule has 1 aliphatic carbocycles. The Labute approximate surface area is 78.2 Å². The third-order valence-electron chi connectivity index (χ3n) is 2.57. The molecule has 0 heterocycles. The van der Waals surface area contributed by atoms with E-state index in [0.29, 0.717) is 12.8 Å². The number of hydrogen-bond acceptors (Lipinski definition) is 2. The molecule has 1 aliphatic rings. The maximum atomic E-state index is 10.7. The molecule has 2 N–H and O–H groups in total. The van der Waals surface area contributed by atoms with Crippen LogP contribution in [-0.2, 0) is 4.79 Å². The van der Waals surface area contributed by atoms with Gasteiger partial charge in [0.15, 0.2) is 0 Å². The van der Waals surface area contributed by atoms with Crippen LogP contribution in [-0.4, -0.2) is 22.8 Å². The number of aliphatic carboxylic acids is 1. The molecule has 4 heteroatoms. The first-order chi connectivity index (χ1) is 5.21. The Hall–Kier alpha value is -0.280. The Balaban J connectivity index is 0.00000121. The van der Waals surface area contributed by atoms with E-state index in [9.17, 15) is 4.79 Å². The number of carboxylic acids is 1. The van der Waals surface area contributed by atoms with Crippen molar-refractivity contribution in [3.63, 3.8) is 0 Å². The van der Waals surface area contributed by atoms with Gasteiger partial charge in [0.05, 0.1) is 12.0 Å². The second-order valence-electron chi connectivity index (χ2n) is 3.30. The summed E-state index contributed by atoms with van der Waals surface area (Å²) in [5, 5.41) is 17.8. The number of carboxylic acid groups (broad SMARTS) is 1. The number of aliphatic hydroxyl groups excluding tert-OH is 1. The van der Waals surface area contributed by atoms with Crippen LogP contribution in [0.15, 0.2) is 0 Å². The van der Waals surface area contributed by atoms with Gasteiger partial charge >= 0.3 is 5.97 Å². The van der Waals surface area contributed by atoms with Crippen molar-refractivity contribution in [2.45, 2.75) is 32.1 Å². The quantitative estimate of drug-likeness (QED) is 0.700. The summed E-state index contributed by atoms with van der Waals surface area (Å²) >= 11 is 0. The van der Waals surface area contributed by atoms with Gasteiger partial charge in [0, 0.05) is 0 Å². The molecule has 0 unspecified atom stereocenters. The van der Waals surface area contributed by atoms with Crippen molar-refractivity contribution < 1.29 is 15.0 Å². The molecule has 3 nitrogen and oxygen atoms in total. The van der Waals surface area contributed by atoms with Crippen molar-refractivity contribution in [2.24, 2.45) is 5.41 Å². The lowest BCUT2D eigenvalue weighted by Gasteiger charge is -2.30. The summed E-state index contributed by atoms with van der Waals surface area (Å²) < 4.78 is 0. The molecular formula is C8H15ClO3. The first-order valence-corrected chi connectivity index (χ1v) is 4.05. The van der Waals surface area contributed by atoms with E-state index in [2.05, 4.69) is 0 Å². The molecule has 12 heavy (non-hydrogen) atoms. The number of hydrogen-bond donors (Lipinski definition) is 2. The summed E-state index contributed by atoms with van der Waals surface area (Å²) in [6.07, 6.45) is 4.26. The molecule has 0 spiro atoms. The number of aliphatic hydroxyl groups is 1. The molecule has 0 atom stereocenters. The van der Waals surface area contributed by atoms with Crippen molar-refractivity contribution in [3.05, 3.63) is 0 Å². The van der Waals surface area contributed by atoms with E-state index in [4.69, 9.17) is 10.2 Å². The lowest BCUT2D eigenvalue weighted by Crippen LogP contribution is -2.36. The molecule has 0 aliphatic heterocycles. The first kappa shape index (κ1) is 11.7. The van der Waals surface area contributed by atoms with E-state index in [-0.39, 0.29) is 19.0 Å². The molecule has 0 aromatic rings. The Morgan fingerprint density at radius 2 is 1.75 bits per heavy atom. The van der Waals surface area contributed by atoms with Gasteiger partial charge in [-0.1, -0.05) is 19.3 Å². The Morgan fingerprint density at radius 1 is 1.25 bits per heavy atom. The second-order valence-corrected chi connectivity index (χ2v) is 3.30. The van der Waals surface area contributed by atoms with Crippen LogP contribution in [0.1, 0.15) is 32.1 Å². The van der Waals surface area contributed by atoms with Crippen LogP contribution in [0.25, 0.3) is 0 Å². The van der Waals surface area contributed by atoms with Gasteiger partial charge in [0.25, 0.3) is 0 Å². The second kappa shape index (κ2) is 4.67. The highest BCUT2D eigenvalue weighted by atomic mass is 35.5. The highest BCUT2D eigenvalue weighted by Crippen LogP contribution is 2.35. The van der Waals surface area contributed by atoms with Crippen LogP contribution in [0.4, 0.5) is 0 Å². The van der Waals surface area contributed by atoms with Crippen LogP contribution in [0.3, 0.4) is 0 Å². The fourth-order valence-electron chi connectivity index (χ4n) is 1.67. The minimum absolute atomic E-state index is 0. The molecule has 0 aromatic heterocycles. The molecule has 0 saturated heterocycles. The normalized spacial score (nSPS) is 21.1.